The molecule has 5 aliphatic rings. The van der Waals surface area contributed by atoms with Gasteiger partial charge in [-0.1, -0.05) is 37.6 Å². The maximum atomic E-state index is 6.00. The van der Waals surface area contributed by atoms with Crippen LogP contribution in [0.4, 0.5) is 0 Å². The first-order valence-corrected chi connectivity index (χ1v) is 12.4. The Kier molecular flexibility index (Phi) is 4.91. The molecule has 0 amide bonds. The average Bonchev–Trinajstić information content (AvgIpc) is 3.02. The van der Waals surface area contributed by atoms with E-state index in [9.17, 15) is 0 Å². The Labute approximate surface area is 172 Å². The van der Waals surface area contributed by atoms with Crippen LogP contribution < -0.4 is 0 Å². The van der Waals surface area contributed by atoms with E-state index in [0.717, 1.165) is 23.7 Å². The fraction of sp³-hybridized carbons (Fsp3) is 0.885. The Bertz CT molecular complexity index is 647. The lowest BCUT2D eigenvalue weighted by Crippen LogP contribution is -2.52. The van der Waals surface area contributed by atoms with Gasteiger partial charge in [-0.3, -0.25) is 0 Å². The van der Waals surface area contributed by atoms with Gasteiger partial charge in [0.1, 0.15) is 6.10 Å². The van der Waals surface area contributed by atoms with Crippen molar-refractivity contribution in [1.29, 1.82) is 0 Å². The molecule has 0 radical (unpaired) electrons. The SMILES string of the molecule is C=C1CCC2C3CCC4CC(=NOC5CCCCC5)CC[C@]4(C)C3CC[C@]12C. The van der Waals surface area contributed by atoms with Crippen LogP contribution in [0.25, 0.3) is 0 Å². The maximum absolute atomic E-state index is 6.00. The second-order valence-corrected chi connectivity index (χ2v) is 11.5. The fourth-order valence-electron chi connectivity index (χ4n) is 8.37. The lowest BCUT2D eigenvalue weighted by atomic mass is 9.45. The summed E-state index contributed by atoms with van der Waals surface area (Å²) < 4.78 is 0. The predicted molar refractivity (Wildman–Crippen MR) is 116 cm³/mol. The highest BCUT2D eigenvalue weighted by atomic mass is 16.6. The fourth-order valence-corrected chi connectivity index (χ4v) is 8.37. The summed E-state index contributed by atoms with van der Waals surface area (Å²) in [5.41, 5.74) is 3.94. The molecule has 0 aliphatic heterocycles. The largest absolute Gasteiger partial charge is 0.393 e. The summed E-state index contributed by atoms with van der Waals surface area (Å²) in [6.07, 6.45) is 19.0. The van der Waals surface area contributed by atoms with Gasteiger partial charge in [0.2, 0.25) is 0 Å². The smallest absolute Gasteiger partial charge is 0.127 e. The Hall–Kier alpha value is -0.790. The van der Waals surface area contributed by atoms with Crippen molar-refractivity contribution in [2.24, 2.45) is 39.7 Å². The van der Waals surface area contributed by atoms with Gasteiger partial charge in [0.15, 0.2) is 0 Å². The van der Waals surface area contributed by atoms with E-state index in [1.807, 2.05) is 0 Å². The van der Waals surface area contributed by atoms with Crippen molar-refractivity contribution >= 4 is 5.71 Å². The van der Waals surface area contributed by atoms with Gasteiger partial charge in [-0.2, -0.15) is 0 Å². The third-order valence-electron chi connectivity index (χ3n) is 10.3. The molecule has 28 heavy (non-hydrogen) atoms. The number of fused-ring (bicyclic) bond motifs is 5. The Morgan fingerprint density at radius 3 is 2.54 bits per heavy atom. The van der Waals surface area contributed by atoms with E-state index >= 15 is 0 Å². The van der Waals surface area contributed by atoms with Gasteiger partial charge in [0.25, 0.3) is 0 Å². The monoisotopic (exact) mass is 383 g/mol. The summed E-state index contributed by atoms with van der Waals surface area (Å²) in [6.45, 7) is 9.69. The molecule has 0 spiro atoms. The van der Waals surface area contributed by atoms with Crippen molar-refractivity contribution in [3.05, 3.63) is 12.2 Å². The van der Waals surface area contributed by atoms with Gasteiger partial charge in [0, 0.05) is 0 Å². The molecule has 156 valence electrons. The van der Waals surface area contributed by atoms with Crippen LogP contribution in [0, 0.1) is 34.5 Å². The molecule has 5 rings (SSSR count). The van der Waals surface area contributed by atoms with E-state index in [1.165, 1.54) is 95.6 Å². The van der Waals surface area contributed by atoms with E-state index in [-0.39, 0.29) is 0 Å². The number of oxime groups is 1. The lowest BCUT2D eigenvalue weighted by molar-refractivity contribution is -0.0862. The van der Waals surface area contributed by atoms with Crippen LogP contribution >= 0.6 is 0 Å². The second-order valence-electron chi connectivity index (χ2n) is 11.5. The molecule has 5 fully saturated rings. The van der Waals surface area contributed by atoms with Crippen molar-refractivity contribution in [2.45, 2.75) is 110 Å². The quantitative estimate of drug-likeness (QED) is 0.362. The van der Waals surface area contributed by atoms with Crippen LogP contribution in [0.1, 0.15) is 104 Å². The summed E-state index contributed by atoms with van der Waals surface area (Å²) in [5, 5.41) is 4.71. The van der Waals surface area contributed by atoms with Crippen molar-refractivity contribution in [1.82, 2.24) is 0 Å². The van der Waals surface area contributed by atoms with Gasteiger partial charge >= 0.3 is 0 Å². The zero-order valence-corrected chi connectivity index (χ0v) is 18.3. The molecule has 0 bridgehead atoms. The molecule has 0 heterocycles. The minimum absolute atomic E-state index is 0.400. The highest BCUT2D eigenvalue weighted by molar-refractivity contribution is 5.85. The van der Waals surface area contributed by atoms with E-state index in [0.29, 0.717) is 16.9 Å². The van der Waals surface area contributed by atoms with Crippen molar-refractivity contribution in [3.63, 3.8) is 0 Å². The van der Waals surface area contributed by atoms with Crippen LogP contribution in [-0.2, 0) is 4.84 Å². The third kappa shape index (κ3) is 3.00. The summed E-state index contributed by atoms with van der Waals surface area (Å²) in [5.74, 6) is 3.65. The molecule has 2 nitrogen and oxygen atoms in total. The number of hydrogen-bond donors (Lipinski definition) is 0. The summed E-state index contributed by atoms with van der Waals surface area (Å²) >= 11 is 0. The lowest BCUT2D eigenvalue weighted by Gasteiger charge is -2.60. The summed E-state index contributed by atoms with van der Waals surface area (Å²) in [4.78, 5) is 6.00. The van der Waals surface area contributed by atoms with Crippen LogP contribution in [0.3, 0.4) is 0 Å². The first-order chi connectivity index (χ1) is 13.5. The molecular formula is C26H41NO. The molecule has 0 N–H and O–H groups in total. The predicted octanol–water partition coefficient (Wildman–Crippen LogP) is 7.29. The van der Waals surface area contributed by atoms with Crippen molar-refractivity contribution < 1.29 is 4.84 Å². The molecule has 0 saturated heterocycles. The number of hydrogen-bond acceptors (Lipinski definition) is 2. The first-order valence-electron chi connectivity index (χ1n) is 12.4. The minimum atomic E-state index is 0.400. The molecule has 2 heteroatoms. The van der Waals surface area contributed by atoms with Gasteiger partial charge in [-0.15, -0.1) is 0 Å². The highest BCUT2D eigenvalue weighted by Gasteiger charge is 2.58. The molecule has 0 aromatic carbocycles. The van der Waals surface area contributed by atoms with Crippen LogP contribution in [-0.4, -0.2) is 11.8 Å². The third-order valence-corrected chi connectivity index (χ3v) is 10.3. The minimum Gasteiger partial charge on any atom is -0.393 e. The molecule has 5 aliphatic carbocycles. The highest BCUT2D eigenvalue weighted by Crippen LogP contribution is 2.66. The molecule has 5 saturated carbocycles. The van der Waals surface area contributed by atoms with Crippen molar-refractivity contribution in [2.75, 3.05) is 0 Å². The molecular weight excluding hydrogens is 342 g/mol. The summed E-state index contributed by atoms with van der Waals surface area (Å²) in [7, 11) is 0. The Morgan fingerprint density at radius 1 is 0.893 bits per heavy atom. The van der Waals surface area contributed by atoms with Crippen LogP contribution in [0.5, 0.6) is 0 Å². The average molecular weight is 384 g/mol. The summed E-state index contributed by atoms with van der Waals surface area (Å²) in [6, 6.07) is 0. The first kappa shape index (κ1) is 19.2. The van der Waals surface area contributed by atoms with Gasteiger partial charge in [0.05, 0.1) is 5.71 Å². The van der Waals surface area contributed by atoms with E-state index in [4.69, 9.17) is 9.99 Å². The Morgan fingerprint density at radius 2 is 1.71 bits per heavy atom. The number of rotatable bonds is 2. The van der Waals surface area contributed by atoms with E-state index < -0.39 is 0 Å². The molecule has 0 aromatic rings. The normalized spacial score (nSPS) is 48.1. The molecule has 6 atom stereocenters. The van der Waals surface area contributed by atoms with Gasteiger partial charge < -0.3 is 4.84 Å². The zero-order chi connectivity index (χ0) is 19.4. The van der Waals surface area contributed by atoms with Crippen molar-refractivity contribution in [3.8, 4) is 0 Å². The van der Waals surface area contributed by atoms with E-state index in [2.05, 4.69) is 20.4 Å². The van der Waals surface area contributed by atoms with Crippen LogP contribution in [0.15, 0.2) is 17.3 Å². The second kappa shape index (κ2) is 7.17. The Balaban J connectivity index is 1.28. The van der Waals surface area contributed by atoms with Gasteiger partial charge in [-0.05, 0) is 118 Å². The van der Waals surface area contributed by atoms with Gasteiger partial charge in [-0.25, -0.2) is 0 Å². The molecule has 4 unspecified atom stereocenters. The number of allylic oxidation sites excluding steroid dienone is 1. The topological polar surface area (TPSA) is 21.6 Å². The standard InChI is InChI=1S/C26H41NO/c1-18-9-12-23-22-11-10-19-17-20(27-28-21-7-5-4-6-8-21)13-15-26(19,3)24(22)14-16-25(18,23)2/h19,21-24H,1,4-17H2,2-3H3/t19?,22?,23?,24?,25-,26+/m1/s1. The number of nitrogens with zero attached hydrogens (tertiary/aromatic N) is 1. The van der Waals surface area contributed by atoms with E-state index in [1.54, 1.807) is 5.57 Å². The molecule has 0 aromatic heterocycles. The maximum Gasteiger partial charge on any atom is 0.127 e. The zero-order valence-electron chi connectivity index (χ0n) is 18.3. The van der Waals surface area contributed by atoms with Crippen LogP contribution in [0.2, 0.25) is 0 Å².